The second-order valence-electron chi connectivity index (χ2n) is 5.07. The molecular formula is C13H24N2O3. The molecule has 1 N–H and O–H groups in total. The minimum atomic E-state index is -0.726. The molecule has 104 valence electrons. The number of carbonyl (C=O) groups is 2. The Kier molecular flexibility index (Phi) is 5.95. The van der Waals surface area contributed by atoms with Gasteiger partial charge in [-0.05, 0) is 31.6 Å². The van der Waals surface area contributed by atoms with Crippen LogP contribution in [0.2, 0.25) is 0 Å². The summed E-state index contributed by atoms with van der Waals surface area (Å²) >= 11 is 0. The smallest absolute Gasteiger partial charge is 0.319 e. The van der Waals surface area contributed by atoms with Crippen LogP contribution in [0.5, 0.6) is 0 Å². The van der Waals surface area contributed by atoms with Gasteiger partial charge in [0.25, 0.3) is 0 Å². The minimum Gasteiger partial charge on any atom is -0.481 e. The Balaban J connectivity index is 2.30. The standard InChI is InChI=1S/C13H24N2O3/c1-3-8-14(2)13(18)15-9-6-11(7-10-15)4-5-12(16)17/h11H,3-10H2,1-2H3,(H,16,17). The first-order chi connectivity index (χ1) is 8.54. The Morgan fingerprint density at radius 3 is 2.44 bits per heavy atom. The van der Waals surface area contributed by atoms with Gasteiger partial charge in [0.1, 0.15) is 0 Å². The molecule has 1 fully saturated rings. The summed E-state index contributed by atoms with van der Waals surface area (Å²) in [5.41, 5.74) is 0. The summed E-state index contributed by atoms with van der Waals surface area (Å²) in [5.74, 6) is -0.266. The number of carbonyl (C=O) groups excluding carboxylic acids is 1. The third-order valence-electron chi connectivity index (χ3n) is 3.54. The van der Waals surface area contributed by atoms with E-state index in [1.807, 2.05) is 11.9 Å². The number of piperidine rings is 1. The van der Waals surface area contributed by atoms with Crippen LogP contribution < -0.4 is 0 Å². The molecule has 5 nitrogen and oxygen atoms in total. The fourth-order valence-electron chi connectivity index (χ4n) is 2.41. The minimum absolute atomic E-state index is 0.105. The topological polar surface area (TPSA) is 60.9 Å². The predicted octanol–water partition coefficient (Wildman–Crippen LogP) is 2.03. The molecule has 1 heterocycles. The summed E-state index contributed by atoms with van der Waals surface area (Å²) in [6.45, 7) is 4.37. The number of urea groups is 1. The second kappa shape index (κ2) is 7.24. The molecule has 0 bridgehead atoms. The normalized spacial score (nSPS) is 16.7. The summed E-state index contributed by atoms with van der Waals surface area (Å²) in [4.78, 5) is 26.2. The Labute approximate surface area is 109 Å². The third kappa shape index (κ3) is 4.55. The van der Waals surface area contributed by atoms with E-state index in [-0.39, 0.29) is 12.5 Å². The highest BCUT2D eigenvalue weighted by atomic mass is 16.4. The zero-order valence-electron chi connectivity index (χ0n) is 11.4. The van der Waals surface area contributed by atoms with Crippen molar-refractivity contribution in [1.82, 2.24) is 9.80 Å². The highest BCUT2D eigenvalue weighted by Gasteiger charge is 2.24. The number of hydrogen-bond donors (Lipinski definition) is 1. The van der Waals surface area contributed by atoms with Gasteiger partial charge >= 0.3 is 12.0 Å². The average molecular weight is 256 g/mol. The largest absolute Gasteiger partial charge is 0.481 e. The molecule has 18 heavy (non-hydrogen) atoms. The van der Waals surface area contributed by atoms with Crippen molar-refractivity contribution in [1.29, 1.82) is 0 Å². The van der Waals surface area contributed by atoms with Crippen molar-refractivity contribution in [2.24, 2.45) is 5.92 Å². The van der Waals surface area contributed by atoms with E-state index in [9.17, 15) is 9.59 Å². The van der Waals surface area contributed by atoms with Crippen molar-refractivity contribution in [3.8, 4) is 0 Å². The van der Waals surface area contributed by atoms with Gasteiger partial charge in [-0.1, -0.05) is 6.92 Å². The maximum atomic E-state index is 12.0. The van der Waals surface area contributed by atoms with Crippen molar-refractivity contribution in [2.75, 3.05) is 26.7 Å². The quantitative estimate of drug-likeness (QED) is 0.818. The monoisotopic (exact) mass is 256 g/mol. The molecule has 5 heteroatoms. The van der Waals surface area contributed by atoms with Crippen LogP contribution in [0.3, 0.4) is 0 Å². The van der Waals surface area contributed by atoms with E-state index in [1.54, 1.807) is 4.90 Å². The van der Waals surface area contributed by atoms with Crippen molar-refractivity contribution in [2.45, 2.75) is 39.0 Å². The van der Waals surface area contributed by atoms with Crippen molar-refractivity contribution < 1.29 is 14.7 Å². The molecule has 0 unspecified atom stereocenters. The maximum Gasteiger partial charge on any atom is 0.319 e. The fourth-order valence-corrected chi connectivity index (χ4v) is 2.41. The van der Waals surface area contributed by atoms with Gasteiger partial charge in [0, 0.05) is 33.1 Å². The predicted molar refractivity (Wildman–Crippen MR) is 69.5 cm³/mol. The molecule has 0 aromatic rings. The number of rotatable bonds is 5. The zero-order chi connectivity index (χ0) is 13.5. The average Bonchev–Trinajstić information content (AvgIpc) is 2.36. The van der Waals surface area contributed by atoms with Crippen LogP contribution in [0.1, 0.15) is 39.0 Å². The lowest BCUT2D eigenvalue weighted by Crippen LogP contribution is -2.45. The number of amides is 2. The Hall–Kier alpha value is -1.26. The molecule has 0 atom stereocenters. The van der Waals surface area contributed by atoms with Gasteiger partial charge in [-0.3, -0.25) is 4.79 Å². The summed E-state index contributed by atoms with van der Waals surface area (Å²) < 4.78 is 0. The van der Waals surface area contributed by atoms with E-state index >= 15 is 0 Å². The van der Waals surface area contributed by atoms with Gasteiger partial charge in [-0.25, -0.2) is 4.79 Å². The lowest BCUT2D eigenvalue weighted by atomic mass is 9.92. The van der Waals surface area contributed by atoms with Gasteiger partial charge in [-0.2, -0.15) is 0 Å². The second-order valence-corrected chi connectivity index (χ2v) is 5.07. The molecule has 0 radical (unpaired) electrons. The van der Waals surface area contributed by atoms with Crippen LogP contribution >= 0.6 is 0 Å². The number of aliphatic carboxylic acids is 1. The molecule has 0 saturated carbocycles. The first-order valence-corrected chi connectivity index (χ1v) is 6.76. The van der Waals surface area contributed by atoms with Crippen LogP contribution in [0.25, 0.3) is 0 Å². The van der Waals surface area contributed by atoms with Crippen LogP contribution in [-0.4, -0.2) is 53.6 Å². The SMILES string of the molecule is CCCN(C)C(=O)N1CCC(CCC(=O)O)CC1. The number of carboxylic acids is 1. The highest BCUT2D eigenvalue weighted by Crippen LogP contribution is 2.22. The Morgan fingerprint density at radius 2 is 1.94 bits per heavy atom. The lowest BCUT2D eigenvalue weighted by Gasteiger charge is -2.34. The van der Waals surface area contributed by atoms with Crippen LogP contribution in [0.15, 0.2) is 0 Å². The summed E-state index contributed by atoms with van der Waals surface area (Å²) in [6.07, 6.45) is 3.81. The third-order valence-corrected chi connectivity index (χ3v) is 3.54. The van der Waals surface area contributed by atoms with Crippen LogP contribution in [0, 0.1) is 5.92 Å². The Bertz CT molecular complexity index is 286. The van der Waals surface area contributed by atoms with Gasteiger partial charge in [0.05, 0.1) is 0 Å². The van der Waals surface area contributed by atoms with Crippen molar-refractivity contribution in [3.63, 3.8) is 0 Å². The summed E-state index contributed by atoms with van der Waals surface area (Å²) in [7, 11) is 1.84. The van der Waals surface area contributed by atoms with Gasteiger partial charge < -0.3 is 14.9 Å². The molecule has 0 aliphatic carbocycles. The number of nitrogens with zero attached hydrogens (tertiary/aromatic N) is 2. The van der Waals surface area contributed by atoms with E-state index in [0.29, 0.717) is 5.92 Å². The van der Waals surface area contributed by atoms with E-state index in [4.69, 9.17) is 5.11 Å². The van der Waals surface area contributed by atoms with Crippen LogP contribution in [-0.2, 0) is 4.79 Å². The molecule has 1 aliphatic rings. The number of hydrogen-bond acceptors (Lipinski definition) is 2. The highest BCUT2D eigenvalue weighted by molar-refractivity contribution is 5.74. The first-order valence-electron chi connectivity index (χ1n) is 6.76. The number of carboxylic acid groups (broad SMARTS) is 1. The molecule has 2 amide bonds. The molecule has 1 saturated heterocycles. The van der Waals surface area contributed by atoms with Crippen LogP contribution in [0.4, 0.5) is 4.79 Å². The molecule has 0 aromatic carbocycles. The Morgan fingerprint density at radius 1 is 1.33 bits per heavy atom. The first kappa shape index (κ1) is 14.8. The lowest BCUT2D eigenvalue weighted by molar-refractivity contribution is -0.137. The van der Waals surface area contributed by atoms with E-state index in [0.717, 1.165) is 45.3 Å². The maximum absolute atomic E-state index is 12.0. The van der Waals surface area contributed by atoms with E-state index in [1.165, 1.54) is 0 Å². The zero-order valence-corrected chi connectivity index (χ0v) is 11.4. The molecule has 0 aromatic heterocycles. The van der Waals surface area contributed by atoms with Crippen molar-refractivity contribution >= 4 is 12.0 Å². The van der Waals surface area contributed by atoms with Crippen molar-refractivity contribution in [3.05, 3.63) is 0 Å². The molecule has 1 aliphatic heterocycles. The van der Waals surface area contributed by atoms with Gasteiger partial charge in [-0.15, -0.1) is 0 Å². The van der Waals surface area contributed by atoms with Gasteiger partial charge in [0.15, 0.2) is 0 Å². The summed E-state index contributed by atoms with van der Waals surface area (Å²) in [5, 5.41) is 8.64. The molecule has 1 rings (SSSR count). The van der Waals surface area contributed by atoms with Gasteiger partial charge in [0.2, 0.25) is 0 Å². The summed E-state index contributed by atoms with van der Waals surface area (Å²) in [6, 6.07) is 0.105. The fraction of sp³-hybridized carbons (Fsp3) is 0.846. The molecular weight excluding hydrogens is 232 g/mol. The number of likely N-dealkylation sites (tertiary alicyclic amines) is 1. The molecule has 0 spiro atoms. The van der Waals surface area contributed by atoms with E-state index in [2.05, 4.69) is 6.92 Å². The van der Waals surface area contributed by atoms with E-state index < -0.39 is 5.97 Å².